The zero-order valence-corrected chi connectivity index (χ0v) is 17.7. The van der Waals surface area contributed by atoms with Crippen LogP contribution in [-0.2, 0) is 33.5 Å². The third-order valence-corrected chi connectivity index (χ3v) is 5.79. The van der Waals surface area contributed by atoms with Gasteiger partial charge in [-0.05, 0) is 64.5 Å². The monoisotopic (exact) mass is 425 g/mol. The Morgan fingerprint density at radius 1 is 1.10 bits per heavy atom. The summed E-state index contributed by atoms with van der Waals surface area (Å²) in [4.78, 5) is 24.6. The van der Waals surface area contributed by atoms with Gasteiger partial charge >= 0.3 is 22.1 Å². The molecule has 0 saturated heterocycles. The Morgan fingerprint density at radius 3 is 2.24 bits per heavy atom. The highest BCUT2D eigenvalue weighted by atomic mass is 32.2. The molecule has 0 N–H and O–H groups in total. The van der Waals surface area contributed by atoms with Crippen LogP contribution in [0.5, 0.6) is 0 Å². The van der Waals surface area contributed by atoms with E-state index < -0.39 is 28.0 Å². The molecule has 1 aliphatic carbocycles. The first-order valence-electron chi connectivity index (χ1n) is 9.67. The van der Waals surface area contributed by atoms with E-state index in [0.717, 1.165) is 5.56 Å². The second-order valence-electron chi connectivity index (χ2n) is 6.84. The summed E-state index contributed by atoms with van der Waals surface area (Å²) >= 11 is 0. The van der Waals surface area contributed by atoms with Gasteiger partial charge in [0.15, 0.2) is 5.92 Å². The molecule has 0 aromatic heterocycles. The minimum absolute atomic E-state index is 0.00994. The summed E-state index contributed by atoms with van der Waals surface area (Å²) in [5.74, 6) is -2.71. The number of rotatable bonds is 8. The fourth-order valence-corrected chi connectivity index (χ4v) is 4.00. The first kappa shape index (κ1) is 22.9. The SMILES string of the molecule is CCOC(=O)C(C(=O)OCC)C1CCC/C(=N\OS(=O)(=O)c2ccc(C)cc2)C1. The molecule has 9 heteroatoms. The van der Waals surface area contributed by atoms with Gasteiger partial charge in [0.2, 0.25) is 0 Å². The molecule has 1 atom stereocenters. The normalized spacial score (nSPS) is 18.5. The second kappa shape index (κ2) is 10.4. The fraction of sp³-hybridized carbons (Fsp3) is 0.550. The largest absolute Gasteiger partial charge is 0.465 e. The van der Waals surface area contributed by atoms with E-state index in [-0.39, 0.29) is 30.4 Å². The molecule has 2 rings (SSSR count). The highest BCUT2D eigenvalue weighted by Gasteiger charge is 2.39. The number of oxime groups is 1. The number of hydrogen-bond donors (Lipinski definition) is 0. The van der Waals surface area contributed by atoms with Gasteiger partial charge in [0.1, 0.15) is 4.90 Å². The number of nitrogens with zero attached hydrogens (tertiary/aromatic N) is 1. The van der Waals surface area contributed by atoms with E-state index in [2.05, 4.69) is 5.16 Å². The summed E-state index contributed by atoms with van der Waals surface area (Å²) in [6.45, 7) is 5.49. The topological polar surface area (TPSA) is 108 Å². The molecule has 160 valence electrons. The molecule has 1 fully saturated rings. The van der Waals surface area contributed by atoms with E-state index in [9.17, 15) is 18.0 Å². The lowest BCUT2D eigenvalue weighted by Gasteiger charge is -2.27. The van der Waals surface area contributed by atoms with Crippen LogP contribution in [0, 0.1) is 18.8 Å². The molecule has 0 bridgehead atoms. The fourth-order valence-electron chi connectivity index (χ4n) is 3.24. The lowest BCUT2D eigenvalue weighted by Crippen LogP contribution is -2.37. The van der Waals surface area contributed by atoms with E-state index in [1.807, 2.05) is 6.92 Å². The van der Waals surface area contributed by atoms with Crippen LogP contribution in [0.15, 0.2) is 34.3 Å². The summed E-state index contributed by atoms with van der Waals surface area (Å²) in [5, 5.41) is 3.82. The molecule has 0 radical (unpaired) electrons. The molecular weight excluding hydrogens is 398 g/mol. The summed E-state index contributed by atoms with van der Waals surface area (Å²) in [6, 6.07) is 6.24. The van der Waals surface area contributed by atoms with Crippen molar-refractivity contribution in [2.75, 3.05) is 13.2 Å². The Kier molecular flexibility index (Phi) is 8.19. The smallest absolute Gasteiger partial charge is 0.358 e. The van der Waals surface area contributed by atoms with Gasteiger partial charge in [-0.25, -0.2) is 0 Å². The van der Waals surface area contributed by atoms with Crippen molar-refractivity contribution in [1.82, 2.24) is 0 Å². The molecule has 1 saturated carbocycles. The Morgan fingerprint density at radius 2 is 1.69 bits per heavy atom. The van der Waals surface area contributed by atoms with Crippen LogP contribution < -0.4 is 0 Å². The maximum atomic E-state index is 12.3. The second-order valence-corrected chi connectivity index (χ2v) is 8.37. The highest BCUT2D eigenvalue weighted by molar-refractivity contribution is 7.86. The van der Waals surface area contributed by atoms with Gasteiger partial charge in [-0.3, -0.25) is 13.9 Å². The number of carbonyl (C=O) groups is 2. The molecule has 0 amide bonds. The van der Waals surface area contributed by atoms with Crippen LogP contribution in [0.25, 0.3) is 0 Å². The summed E-state index contributed by atoms with van der Waals surface area (Å²) in [6.07, 6.45) is 2.03. The zero-order chi connectivity index (χ0) is 21.4. The van der Waals surface area contributed by atoms with Crippen molar-refractivity contribution in [2.24, 2.45) is 17.0 Å². The summed E-state index contributed by atoms with van der Waals surface area (Å²) in [7, 11) is -4.03. The van der Waals surface area contributed by atoms with Crippen LogP contribution >= 0.6 is 0 Å². The number of aryl methyl sites for hydroxylation is 1. The van der Waals surface area contributed by atoms with Crippen molar-refractivity contribution in [3.05, 3.63) is 29.8 Å². The van der Waals surface area contributed by atoms with Crippen molar-refractivity contribution < 1.29 is 31.8 Å². The van der Waals surface area contributed by atoms with E-state index in [4.69, 9.17) is 13.8 Å². The van der Waals surface area contributed by atoms with Gasteiger partial charge in [0.05, 0.1) is 18.9 Å². The molecule has 1 aromatic rings. The van der Waals surface area contributed by atoms with Crippen LogP contribution in [0.4, 0.5) is 0 Å². The van der Waals surface area contributed by atoms with Gasteiger partial charge in [0.25, 0.3) is 0 Å². The first-order chi connectivity index (χ1) is 13.8. The van der Waals surface area contributed by atoms with E-state index in [1.54, 1.807) is 26.0 Å². The molecule has 0 spiro atoms. The lowest BCUT2D eigenvalue weighted by atomic mass is 9.79. The zero-order valence-electron chi connectivity index (χ0n) is 16.9. The summed E-state index contributed by atoms with van der Waals surface area (Å²) in [5.41, 5.74) is 1.41. The molecule has 0 heterocycles. The van der Waals surface area contributed by atoms with Gasteiger partial charge in [-0.2, -0.15) is 8.42 Å². The Balaban J connectivity index is 2.14. The quantitative estimate of drug-likeness (QED) is 0.358. The molecule has 1 aliphatic rings. The van der Waals surface area contributed by atoms with Crippen molar-refractivity contribution in [1.29, 1.82) is 0 Å². The maximum absolute atomic E-state index is 12.3. The van der Waals surface area contributed by atoms with Crippen LogP contribution in [0.2, 0.25) is 0 Å². The van der Waals surface area contributed by atoms with Gasteiger partial charge in [-0.1, -0.05) is 22.9 Å². The standard InChI is InChI=1S/C20H27NO7S/c1-4-26-19(22)18(20(23)27-5-2)15-7-6-8-16(13-15)21-28-29(24,25)17-11-9-14(3)10-12-17/h9-12,15,18H,4-8,13H2,1-3H3/b21-16+. The molecule has 1 unspecified atom stereocenters. The average molecular weight is 426 g/mol. The number of carbonyl (C=O) groups excluding carboxylic acids is 2. The molecule has 8 nitrogen and oxygen atoms in total. The first-order valence-corrected chi connectivity index (χ1v) is 11.1. The maximum Gasteiger partial charge on any atom is 0.358 e. The van der Waals surface area contributed by atoms with Gasteiger partial charge < -0.3 is 9.47 Å². The van der Waals surface area contributed by atoms with E-state index in [0.29, 0.717) is 25.0 Å². The third kappa shape index (κ3) is 6.28. The lowest BCUT2D eigenvalue weighted by molar-refractivity contribution is -0.164. The van der Waals surface area contributed by atoms with E-state index in [1.165, 1.54) is 12.1 Å². The number of hydrogen-bond acceptors (Lipinski definition) is 8. The Labute approximate surface area is 171 Å². The minimum Gasteiger partial charge on any atom is -0.465 e. The highest BCUT2D eigenvalue weighted by Crippen LogP contribution is 2.31. The molecule has 0 aliphatic heterocycles. The number of benzene rings is 1. The van der Waals surface area contributed by atoms with Gasteiger partial charge in [0, 0.05) is 0 Å². The Bertz CT molecular complexity index is 828. The van der Waals surface area contributed by atoms with Crippen molar-refractivity contribution in [3.8, 4) is 0 Å². The van der Waals surface area contributed by atoms with Crippen molar-refractivity contribution >= 4 is 27.8 Å². The van der Waals surface area contributed by atoms with Crippen LogP contribution in [0.1, 0.15) is 45.1 Å². The summed E-state index contributed by atoms with van der Waals surface area (Å²) < 4.78 is 39.6. The van der Waals surface area contributed by atoms with Crippen molar-refractivity contribution in [2.45, 2.75) is 51.3 Å². The molecule has 1 aromatic carbocycles. The Hall–Kier alpha value is -2.42. The van der Waals surface area contributed by atoms with Crippen LogP contribution in [0.3, 0.4) is 0 Å². The third-order valence-electron chi connectivity index (χ3n) is 4.66. The predicted octanol–water partition coefficient (Wildman–Crippen LogP) is 2.99. The number of ether oxygens (including phenoxy) is 2. The molecule has 29 heavy (non-hydrogen) atoms. The predicted molar refractivity (Wildman–Crippen MR) is 106 cm³/mol. The van der Waals surface area contributed by atoms with Crippen molar-refractivity contribution in [3.63, 3.8) is 0 Å². The van der Waals surface area contributed by atoms with Crippen LogP contribution in [-0.4, -0.2) is 39.3 Å². The van der Waals surface area contributed by atoms with Gasteiger partial charge in [-0.15, -0.1) is 0 Å². The minimum atomic E-state index is -4.03. The van der Waals surface area contributed by atoms with E-state index >= 15 is 0 Å². The number of esters is 2. The molecular formula is C20H27NO7S. The average Bonchev–Trinajstić information content (AvgIpc) is 2.68.